The molecule has 28 heavy (non-hydrogen) atoms. The van der Waals surface area contributed by atoms with E-state index in [1.165, 1.54) is 0 Å². The van der Waals surface area contributed by atoms with Gasteiger partial charge >= 0.3 is 0 Å². The minimum Gasteiger partial charge on any atom is -0.381 e. The summed E-state index contributed by atoms with van der Waals surface area (Å²) in [6.07, 6.45) is 8.24. The number of nitrogens with zero attached hydrogens (tertiary/aromatic N) is 2. The van der Waals surface area contributed by atoms with Crippen molar-refractivity contribution in [3.63, 3.8) is 0 Å². The molecule has 2 N–H and O–H groups in total. The molecule has 0 aliphatic carbocycles. The number of carbonyl (C=O) groups excluding carboxylic acids is 2. The summed E-state index contributed by atoms with van der Waals surface area (Å²) in [5.41, 5.74) is 1.13. The number of pyridine rings is 1. The summed E-state index contributed by atoms with van der Waals surface area (Å²) in [5.74, 6) is -0.174. The van der Waals surface area contributed by atoms with Gasteiger partial charge in [0.25, 0.3) is 0 Å². The smallest absolute Gasteiger partial charge is 0.223 e. The SMILES string of the molecule is CN1C[C@H](NCc2cccnc2)CCC[C@@H](C(=O)NC2CCOCC2)CC1=O. The highest BCUT2D eigenvalue weighted by molar-refractivity contribution is 5.86. The highest BCUT2D eigenvalue weighted by Gasteiger charge is 2.28. The van der Waals surface area contributed by atoms with Crippen molar-refractivity contribution in [2.75, 3.05) is 26.8 Å². The third-order valence-corrected chi connectivity index (χ3v) is 5.70. The standard InChI is InChI=1S/C21H32N4O3/c1-25-15-19(23-14-16-4-3-9-22-13-16)6-2-5-17(12-20(25)26)21(27)24-18-7-10-28-11-8-18/h3-4,9,13,17-19,23H,2,5-8,10-12,14-15H2,1H3,(H,24,27)/t17-,19-/m1/s1. The molecule has 1 aromatic rings. The molecule has 0 aromatic carbocycles. The molecular formula is C21H32N4O3. The number of rotatable bonds is 5. The molecule has 0 bridgehead atoms. The van der Waals surface area contributed by atoms with E-state index in [2.05, 4.69) is 15.6 Å². The Morgan fingerprint density at radius 3 is 2.82 bits per heavy atom. The van der Waals surface area contributed by atoms with Gasteiger partial charge in [-0.15, -0.1) is 0 Å². The molecule has 154 valence electrons. The molecule has 7 heteroatoms. The third kappa shape index (κ3) is 6.27. The van der Waals surface area contributed by atoms with Crippen molar-refractivity contribution < 1.29 is 14.3 Å². The molecule has 2 aliphatic heterocycles. The molecule has 2 atom stereocenters. The summed E-state index contributed by atoms with van der Waals surface area (Å²) < 4.78 is 5.35. The van der Waals surface area contributed by atoms with Crippen molar-refractivity contribution in [3.05, 3.63) is 30.1 Å². The average molecular weight is 389 g/mol. The molecule has 3 rings (SSSR count). The normalized spacial score (nSPS) is 24.9. The maximum absolute atomic E-state index is 12.7. The van der Waals surface area contributed by atoms with Crippen LogP contribution in [0.15, 0.2) is 24.5 Å². The van der Waals surface area contributed by atoms with E-state index in [0.29, 0.717) is 26.2 Å². The summed E-state index contributed by atoms with van der Waals surface area (Å²) in [4.78, 5) is 31.3. The number of aromatic nitrogens is 1. The first-order valence-electron chi connectivity index (χ1n) is 10.4. The van der Waals surface area contributed by atoms with Gasteiger partial charge in [-0.2, -0.15) is 0 Å². The summed E-state index contributed by atoms with van der Waals surface area (Å²) >= 11 is 0. The number of likely N-dealkylation sites (N-methyl/N-ethyl adjacent to an activating group) is 1. The van der Waals surface area contributed by atoms with Gasteiger partial charge < -0.3 is 20.3 Å². The maximum atomic E-state index is 12.7. The zero-order valence-electron chi connectivity index (χ0n) is 16.7. The second-order valence-electron chi connectivity index (χ2n) is 7.94. The fourth-order valence-electron chi connectivity index (χ4n) is 3.92. The molecule has 2 amide bonds. The Morgan fingerprint density at radius 2 is 2.07 bits per heavy atom. The van der Waals surface area contributed by atoms with Crippen LogP contribution in [0.25, 0.3) is 0 Å². The van der Waals surface area contributed by atoms with E-state index in [4.69, 9.17) is 4.74 Å². The fraction of sp³-hybridized carbons (Fsp3) is 0.667. The number of hydrogen-bond donors (Lipinski definition) is 2. The molecule has 0 spiro atoms. The van der Waals surface area contributed by atoms with Gasteiger partial charge in [-0.05, 0) is 37.3 Å². The van der Waals surface area contributed by atoms with Crippen LogP contribution in [0, 0.1) is 5.92 Å². The van der Waals surface area contributed by atoms with E-state index in [1.807, 2.05) is 25.4 Å². The molecule has 2 fully saturated rings. The predicted octanol–water partition coefficient (Wildman–Crippen LogP) is 1.48. The molecule has 0 radical (unpaired) electrons. The average Bonchev–Trinajstić information content (AvgIpc) is 2.78. The lowest BCUT2D eigenvalue weighted by molar-refractivity contribution is -0.136. The Balaban J connectivity index is 1.53. The van der Waals surface area contributed by atoms with Crippen molar-refractivity contribution >= 4 is 11.8 Å². The highest BCUT2D eigenvalue weighted by atomic mass is 16.5. The van der Waals surface area contributed by atoms with Gasteiger partial charge in [0, 0.05) is 70.2 Å². The topological polar surface area (TPSA) is 83.6 Å². The minimum atomic E-state index is -0.241. The van der Waals surface area contributed by atoms with Crippen LogP contribution < -0.4 is 10.6 Å². The van der Waals surface area contributed by atoms with E-state index >= 15 is 0 Å². The second kappa shape index (κ2) is 10.5. The lowest BCUT2D eigenvalue weighted by Crippen LogP contribution is -2.44. The summed E-state index contributed by atoms with van der Waals surface area (Å²) in [5, 5.41) is 6.68. The van der Waals surface area contributed by atoms with Crippen molar-refractivity contribution in [2.24, 2.45) is 5.92 Å². The molecular weight excluding hydrogens is 356 g/mol. The van der Waals surface area contributed by atoms with Gasteiger partial charge in [-0.1, -0.05) is 12.5 Å². The van der Waals surface area contributed by atoms with Crippen molar-refractivity contribution in [1.82, 2.24) is 20.5 Å². The first kappa shape index (κ1) is 20.7. The van der Waals surface area contributed by atoms with E-state index in [0.717, 1.165) is 44.2 Å². The lowest BCUT2D eigenvalue weighted by atomic mass is 9.95. The summed E-state index contributed by atoms with van der Waals surface area (Å²) in [6.45, 7) is 2.78. The van der Waals surface area contributed by atoms with Gasteiger partial charge in [-0.3, -0.25) is 14.6 Å². The highest BCUT2D eigenvalue weighted by Crippen LogP contribution is 2.20. The molecule has 7 nitrogen and oxygen atoms in total. The maximum Gasteiger partial charge on any atom is 0.223 e. The van der Waals surface area contributed by atoms with Gasteiger partial charge in [0.05, 0.1) is 0 Å². The Kier molecular flexibility index (Phi) is 7.80. The molecule has 3 heterocycles. The molecule has 1 aromatic heterocycles. The van der Waals surface area contributed by atoms with Crippen LogP contribution in [0.4, 0.5) is 0 Å². The Hall–Kier alpha value is -1.99. The minimum absolute atomic E-state index is 0.0235. The van der Waals surface area contributed by atoms with E-state index < -0.39 is 0 Å². The molecule has 2 aliphatic rings. The Bertz CT molecular complexity index is 634. The van der Waals surface area contributed by atoms with Crippen LogP contribution >= 0.6 is 0 Å². The van der Waals surface area contributed by atoms with Gasteiger partial charge in [0.2, 0.25) is 11.8 Å². The van der Waals surface area contributed by atoms with Crippen LogP contribution in [-0.4, -0.2) is 60.6 Å². The van der Waals surface area contributed by atoms with Gasteiger partial charge in [0.1, 0.15) is 0 Å². The number of nitrogens with one attached hydrogen (secondary N) is 2. The number of hydrogen-bond acceptors (Lipinski definition) is 5. The fourth-order valence-corrected chi connectivity index (χ4v) is 3.92. The molecule has 0 unspecified atom stereocenters. The monoisotopic (exact) mass is 388 g/mol. The quantitative estimate of drug-likeness (QED) is 0.798. The second-order valence-corrected chi connectivity index (χ2v) is 7.94. The van der Waals surface area contributed by atoms with Crippen LogP contribution in [0.3, 0.4) is 0 Å². The predicted molar refractivity (Wildman–Crippen MR) is 106 cm³/mol. The van der Waals surface area contributed by atoms with Crippen molar-refractivity contribution in [3.8, 4) is 0 Å². The first-order valence-corrected chi connectivity index (χ1v) is 10.4. The van der Waals surface area contributed by atoms with Crippen molar-refractivity contribution in [1.29, 1.82) is 0 Å². The van der Waals surface area contributed by atoms with Crippen LogP contribution in [0.2, 0.25) is 0 Å². The molecule has 2 saturated heterocycles. The van der Waals surface area contributed by atoms with Crippen molar-refractivity contribution in [2.45, 2.75) is 57.2 Å². The van der Waals surface area contributed by atoms with Crippen LogP contribution in [-0.2, 0) is 20.9 Å². The first-order chi connectivity index (χ1) is 13.6. The number of amides is 2. The Labute approximate surface area is 167 Å². The zero-order chi connectivity index (χ0) is 19.8. The van der Waals surface area contributed by atoms with E-state index in [1.54, 1.807) is 11.1 Å². The number of carbonyl (C=O) groups is 2. The number of ether oxygens (including phenoxy) is 1. The van der Waals surface area contributed by atoms with Gasteiger partial charge in [0.15, 0.2) is 0 Å². The summed E-state index contributed by atoms with van der Waals surface area (Å²) in [6, 6.07) is 4.36. The lowest BCUT2D eigenvalue weighted by Gasteiger charge is -2.26. The van der Waals surface area contributed by atoms with Crippen LogP contribution in [0.1, 0.15) is 44.1 Å². The Morgan fingerprint density at radius 1 is 1.25 bits per heavy atom. The third-order valence-electron chi connectivity index (χ3n) is 5.70. The van der Waals surface area contributed by atoms with Gasteiger partial charge in [-0.25, -0.2) is 0 Å². The zero-order valence-corrected chi connectivity index (χ0v) is 16.7. The largest absolute Gasteiger partial charge is 0.381 e. The van der Waals surface area contributed by atoms with Crippen LogP contribution in [0.5, 0.6) is 0 Å². The van der Waals surface area contributed by atoms with E-state index in [9.17, 15) is 9.59 Å². The molecule has 0 saturated carbocycles. The summed E-state index contributed by atoms with van der Waals surface area (Å²) in [7, 11) is 1.83. The van der Waals surface area contributed by atoms with E-state index in [-0.39, 0.29) is 29.8 Å².